The molecule has 0 aromatic heterocycles. The molecular weight excluding hydrogens is 225 g/mol. The molecule has 1 fully saturated rings. The fourth-order valence-corrected chi connectivity index (χ4v) is 2.29. The van der Waals surface area contributed by atoms with Gasteiger partial charge in [-0.05, 0) is 56.2 Å². The molecule has 0 unspecified atom stereocenters. The summed E-state index contributed by atoms with van der Waals surface area (Å²) in [6, 6.07) is 3.59. The zero-order valence-electron chi connectivity index (χ0n) is 9.52. The molecule has 0 atom stereocenters. The lowest BCUT2D eigenvalue weighted by Crippen LogP contribution is -2.21. The first-order valence-electron chi connectivity index (χ1n) is 5.74. The Labute approximate surface area is 101 Å². The largest absolute Gasteiger partial charge is 0.325 e. The van der Waals surface area contributed by atoms with Crippen LogP contribution in [0.1, 0.15) is 36.8 Å². The van der Waals surface area contributed by atoms with E-state index >= 15 is 0 Å². The fraction of sp³-hybridized carbons (Fsp3) is 0.538. The maximum absolute atomic E-state index is 13.3. The van der Waals surface area contributed by atoms with Crippen LogP contribution in [-0.4, -0.2) is 5.54 Å². The van der Waals surface area contributed by atoms with E-state index in [9.17, 15) is 4.39 Å². The molecule has 1 saturated carbocycles. The number of nitrogens with two attached hydrogens (primary N) is 1. The van der Waals surface area contributed by atoms with Gasteiger partial charge in [-0.1, -0.05) is 17.7 Å². The Hall–Kier alpha value is -0.600. The maximum atomic E-state index is 13.3. The molecule has 0 radical (unpaired) electrons. The number of benzene rings is 1. The van der Waals surface area contributed by atoms with Gasteiger partial charge in [-0.2, -0.15) is 0 Å². The normalized spacial score (nSPS) is 17.5. The van der Waals surface area contributed by atoms with Gasteiger partial charge in [0.1, 0.15) is 5.82 Å². The number of aryl methyl sites for hydroxylation is 2. The Kier molecular flexibility index (Phi) is 3.22. The Balaban J connectivity index is 1.94. The zero-order valence-corrected chi connectivity index (χ0v) is 10.3. The zero-order chi connectivity index (χ0) is 11.8. The highest BCUT2D eigenvalue weighted by atomic mass is 35.5. The molecule has 1 aromatic rings. The summed E-state index contributed by atoms with van der Waals surface area (Å²) in [7, 11) is 0. The Morgan fingerprint density at radius 2 is 2.12 bits per heavy atom. The predicted molar refractivity (Wildman–Crippen MR) is 65.2 cm³/mol. The molecule has 1 aliphatic rings. The smallest absolute Gasteiger partial charge is 0.144 e. The average Bonchev–Trinajstić information content (AvgIpc) is 2.93. The number of hydrogen-bond acceptors (Lipinski definition) is 1. The SMILES string of the molecule is Cc1cc(CCCC2(N)CC2)cc(Cl)c1F. The minimum absolute atomic E-state index is 0.110. The third-order valence-corrected chi connectivity index (χ3v) is 3.58. The summed E-state index contributed by atoms with van der Waals surface area (Å²) in [4.78, 5) is 0. The third-order valence-electron chi connectivity index (χ3n) is 3.30. The first-order chi connectivity index (χ1) is 7.50. The molecule has 1 aliphatic carbocycles. The summed E-state index contributed by atoms with van der Waals surface area (Å²) in [6.07, 6.45) is 5.34. The second-order valence-corrected chi connectivity index (χ2v) is 5.33. The molecule has 0 heterocycles. The van der Waals surface area contributed by atoms with Crippen LogP contribution in [0.2, 0.25) is 5.02 Å². The van der Waals surface area contributed by atoms with Crippen LogP contribution in [-0.2, 0) is 6.42 Å². The second-order valence-electron chi connectivity index (χ2n) is 4.92. The van der Waals surface area contributed by atoms with Crippen molar-refractivity contribution in [2.45, 2.75) is 44.6 Å². The Morgan fingerprint density at radius 3 is 2.69 bits per heavy atom. The quantitative estimate of drug-likeness (QED) is 0.857. The minimum Gasteiger partial charge on any atom is -0.325 e. The van der Waals surface area contributed by atoms with Crippen LogP contribution in [0, 0.1) is 12.7 Å². The molecule has 0 spiro atoms. The van der Waals surface area contributed by atoms with Crippen molar-refractivity contribution in [3.05, 3.63) is 34.1 Å². The van der Waals surface area contributed by atoms with Gasteiger partial charge in [0.2, 0.25) is 0 Å². The lowest BCUT2D eigenvalue weighted by Gasteiger charge is -2.09. The average molecular weight is 242 g/mol. The van der Waals surface area contributed by atoms with E-state index in [2.05, 4.69) is 0 Å². The molecular formula is C13H17ClFN. The highest BCUT2D eigenvalue weighted by Gasteiger charge is 2.36. The van der Waals surface area contributed by atoms with E-state index in [0.29, 0.717) is 5.56 Å². The van der Waals surface area contributed by atoms with Gasteiger partial charge in [-0.3, -0.25) is 0 Å². The van der Waals surface area contributed by atoms with Gasteiger partial charge < -0.3 is 5.73 Å². The van der Waals surface area contributed by atoms with E-state index in [-0.39, 0.29) is 16.4 Å². The summed E-state index contributed by atoms with van der Waals surface area (Å²) in [5.41, 5.74) is 7.84. The van der Waals surface area contributed by atoms with Crippen molar-refractivity contribution in [2.75, 3.05) is 0 Å². The molecule has 0 bridgehead atoms. The van der Waals surface area contributed by atoms with Crippen molar-refractivity contribution in [1.82, 2.24) is 0 Å². The topological polar surface area (TPSA) is 26.0 Å². The summed E-state index contributed by atoms with van der Waals surface area (Å²) >= 11 is 5.80. The molecule has 2 rings (SSSR count). The fourth-order valence-electron chi connectivity index (χ4n) is 2.00. The monoisotopic (exact) mass is 241 g/mol. The van der Waals surface area contributed by atoms with E-state index < -0.39 is 0 Å². The van der Waals surface area contributed by atoms with Crippen LogP contribution in [0.4, 0.5) is 4.39 Å². The lowest BCUT2D eigenvalue weighted by atomic mass is 10.0. The summed E-state index contributed by atoms with van der Waals surface area (Å²) < 4.78 is 13.3. The van der Waals surface area contributed by atoms with Gasteiger partial charge in [0, 0.05) is 5.54 Å². The van der Waals surface area contributed by atoms with Crippen LogP contribution < -0.4 is 5.73 Å². The Bertz CT molecular complexity index is 376. The standard InChI is InChI=1S/C13H17ClFN/c1-9-7-10(8-11(14)12(9)15)3-2-4-13(16)5-6-13/h7-8H,2-6,16H2,1H3. The van der Waals surface area contributed by atoms with Crippen LogP contribution in [0.15, 0.2) is 12.1 Å². The van der Waals surface area contributed by atoms with Crippen molar-refractivity contribution in [2.24, 2.45) is 5.73 Å². The van der Waals surface area contributed by atoms with Crippen LogP contribution in [0.5, 0.6) is 0 Å². The predicted octanol–water partition coefficient (Wildman–Crippen LogP) is 3.60. The van der Waals surface area contributed by atoms with E-state index in [1.54, 1.807) is 13.0 Å². The minimum atomic E-state index is -0.303. The molecule has 3 heteroatoms. The van der Waals surface area contributed by atoms with Crippen LogP contribution >= 0.6 is 11.6 Å². The van der Waals surface area contributed by atoms with E-state index in [0.717, 1.165) is 37.7 Å². The third kappa shape index (κ3) is 2.74. The summed E-state index contributed by atoms with van der Waals surface area (Å²) in [5, 5.41) is 0.226. The van der Waals surface area contributed by atoms with Crippen molar-refractivity contribution >= 4 is 11.6 Å². The van der Waals surface area contributed by atoms with E-state index in [4.69, 9.17) is 17.3 Å². The van der Waals surface area contributed by atoms with Gasteiger partial charge in [0.25, 0.3) is 0 Å². The molecule has 1 nitrogen and oxygen atoms in total. The number of halogens is 2. The molecule has 0 aliphatic heterocycles. The first kappa shape index (κ1) is 11.9. The highest BCUT2D eigenvalue weighted by molar-refractivity contribution is 6.30. The van der Waals surface area contributed by atoms with E-state index in [1.165, 1.54) is 0 Å². The van der Waals surface area contributed by atoms with Crippen LogP contribution in [0.25, 0.3) is 0 Å². The van der Waals surface area contributed by atoms with Crippen molar-refractivity contribution in [1.29, 1.82) is 0 Å². The van der Waals surface area contributed by atoms with Crippen LogP contribution in [0.3, 0.4) is 0 Å². The number of rotatable bonds is 4. The van der Waals surface area contributed by atoms with Gasteiger partial charge in [-0.15, -0.1) is 0 Å². The van der Waals surface area contributed by atoms with Crippen molar-refractivity contribution < 1.29 is 4.39 Å². The molecule has 88 valence electrons. The lowest BCUT2D eigenvalue weighted by molar-refractivity contribution is 0.574. The van der Waals surface area contributed by atoms with E-state index in [1.807, 2.05) is 6.07 Å². The molecule has 16 heavy (non-hydrogen) atoms. The summed E-state index contributed by atoms with van der Waals surface area (Å²) in [5.74, 6) is -0.303. The summed E-state index contributed by atoms with van der Waals surface area (Å²) in [6.45, 7) is 1.75. The number of hydrogen-bond donors (Lipinski definition) is 1. The Morgan fingerprint density at radius 1 is 1.44 bits per heavy atom. The molecule has 0 saturated heterocycles. The molecule has 2 N–H and O–H groups in total. The first-order valence-corrected chi connectivity index (χ1v) is 6.11. The van der Waals surface area contributed by atoms with Gasteiger partial charge in [0.15, 0.2) is 0 Å². The highest BCUT2D eigenvalue weighted by Crippen LogP contribution is 2.37. The maximum Gasteiger partial charge on any atom is 0.144 e. The van der Waals surface area contributed by atoms with Crippen molar-refractivity contribution in [3.8, 4) is 0 Å². The molecule has 0 amide bonds. The van der Waals surface area contributed by atoms with Gasteiger partial charge in [0.05, 0.1) is 5.02 Å². The molecule has 1 aromatic carbocycles. The van der Waals surface area contributed by atoms with Gasteiger partial charge >= 0.3 is 0 Å². The van der Waals surface area contributed by atoms with Crippen molar-refractivity contribution in [3.63, 3.8) is 0 Å². The van der Waals surface area contributed by atoms with Gasteiger partial charge in [-0.25, -0.2) is 4.39 Å². The second kappa shape index (κ2) is 4.34.